The zero-order chi connectivity index (χ0) is 18.8. The topological polar surface area (TPSA) is 92.3 Å². The molecule has 0 fully saturated rings. The highest BCUT2D eigenvalue weighted by molar-refractivity contribution is 9.10. The zero-order valence-corrected chi connectivity index (χ0v) is 16.4. The minimum atomic E-state index is -3.44. The molecule has 9 heteroatoms. The summed E-state index contributed by atoms with van der Waals surface area (Å²) in [5.41, 5.74) is 0.984. The predicted octanol–water partition coefficient (Wildman–Crippen LogP) is 3.72. The molecule has 2 aromatic carbocycles. The molecule has 0 radical (unpaired) electrons. The number of rotatable bonds is 4. The van der Waals surface area contributed by atoms with Crippen molar-refractivity contribution in [3.05, 3.63) is 51.5 Å². The van der Waals surface area contributed by atoms with Gasteiger partial charge < -0.3 is 10.6 Å². The van der Waals surface area contributed by atoms with Crippen LogP contribution in [-0.4, -0.2) is 26.5 Å². The summed E-state index contributed by atoms with van der Waals surface area (Å²) < 4.78 is 23.8. The van der Waals surface area contributed by atoms with E-state index in [9.17, 15) is 18.0 Å². The number of amides is 2. The van der Waals surface area contributed by atoms with Crippen molar-refractivity contribution in [2.24, 2.45) is 0 Å². The molecule has 2 N–H and O–H groups in total. The molecular formula is C16H14BrClN2O4S. The molecule has 0 aliphatic carbocycles. The monoisotopic (exact) mass is 444 g/mol. The second-order valence-corrected chi connectivity index (χ2v) is 8.52. The molecule has 0 spiro atoms. The standard InChI is InChI=1S/C16H14BrClN2O4S/c1-9(21)19-10-3-6-15(14(18)7-10)20-16(22)12-8-11(25(2,23)24)4-5-13(12)17/h3-8H,1-2H3,(H,19,21)(H,20,22). The fourth-order valence-corrected chi connectivity index (χ4v) is 3.30. The Morgan fingerprint density at radius 2 is 1.76 bits per heavy atom. The highest BCUT2D eigenvalue weighted by Crippen LogP contribution is 2.27. The van der Waals surface area contributed by atoms with Crippen LogP contribution >= 0.6 is 27.5 Å². The molecule has 0 aromatic heterocycles. The van der Waals surface area contributed by atoms with Gasteiger partial charge in [0.2, 0.25) is 5.91 Å². The number of hydrogen-bond acceptors (Lipinski definition) is 4. The third-order valence-electron chi connectivity index (χ3n) is 3.15. The van der Waals surface area contributed by atoms with Gasteiger partial charge in [-0.1, -0.05) is 11.6 Å². The molecule has 2 rings (SSSR count). The average molecular weight is 446 g/mol. The molecule has 25 heavy (non-hydrogen) atoms. The summed E-state index contributed by atoms with van der Waals surface area (Å²) in [5.74, 6) is -0.763. The van der Waals surface area contributed by atoms with E-state index in [0.717, 1.165) is 6.26 Å². The van der Waals surface area contributed by atoms with Gasteiger partial charge in [-0.25, -0.2) is 8.42 Å². The molecule has 0 saturated heterocycles. The third-order valence-corrected chi connectivity index (χ3v) is 5.26. The van der Waals surface area contributed by atoms with Crippen LogP contribution in [0, 0.1) is 0 Å². The van der Waals surface area contributed by atoms with Crippen molar-refractivity contribution in [2.45, 2.75) is 11.8 Å². The van der Waals surface area contributed by atoms with Crippen molar-refractivity contribution < 1.29 is 18.0 Å². The quantitative estimate of drug-likeness (QED) is 0.750. The Morgan fingerprint density at radius 3 is 2.32 bits per heavy atom. The number of hydrogen-bond donors (Lipinski definition) is 2. The van der Waals surface area contributed by atoms with Gasteiger partial charge in [-0.2, -0.15) is 0 Å². The van der Waals surface area contributed by atoms with E-state index < -0.39 is 15.7 Å². The number of carbonyl (C=O) groups excluding carboxylic acids is 2. The Labute approximate surface area is 158 Å². The van der Waals surface area contributed by atoms with Gasteiger partial charge in [-0.05, 0) is 52.3 Å². The summed E-state index contributed by atoms with van der Waals surface area (Å²) in [6.07, 6.45) is 1.07. The van der Waals surface area contributed by atoms with E-state index in [2.05, 4.69) is 26.6 Å². The van der Waals surface area contributed by atoms with Gasteiger partial charge >= 0.3 is 0 Å². The Balaban J connectivity index is 2.30. The van der Waals surface area contributed by atoms with Crippen molar-refractivity contribution in [2.75, 3.05) is 16.9 Å². The zero-order valence-electron chi connectivity index (χ0n) is 13.3. The highest BCUT2D eigenvalue weighted by atomic mass is 79.9. The van der Waals surface area contributed by atoms with Crippen LogP contribution in [0.4, 0.5) is 11.4 Å². The van der Waals surface area contributed by atoms with Crippen molar-refractivity contribution in [1.29, 1.82) is 0 Å². The lowest BCUT2D eigenvalue weighted by Gasteiger charge is -2.11. The Kier molecular flexibility index (Phi) is 5.87. The number of benzene rings is 2. The summed E-state index contributed by atoms with van der Waals surface area (Å²) >= 11 is 9.35. The van der Waals surface area contributed by atoms with Crippen LogP contribution in [0.5, 0.6) is 0 Å². The van der Waals surface area contributed by atoms with Crippen molar-refractivity contribution in [1.82, 2.24) is 0 Å². The molecule has 0 aliphatic rings. The Hall–Kier alpha value is -1.90. The van der Waals surface area contributed by atoms with E-state index >= 15 is 0 Å². The maximum absolute atomic E-state index is 12.5. The molecule has 0 saturated carbocycles. The minimum absolute atomic E-state index is 0.0351. The lowest BCUT2D eigenvalue weighted by atomic mass is 10.2. The second kappa shape index (κ2) is 7.55. The van der Waals surface area contributed by atoms with E-state index in [1.54, 1.807) is 12.1 Å². The molecule has 0 bridgehead atoms. The molecule has 2 amide bonds. The maximum atomic E-state index is 12.5. The molecular weight excluding hydrogens is 432 g/mol. The van der Waals surface area contributed by atoms with Gasteiger partial charge in [0.25, 0.3) is 5.91 Å². The van der Waals surface area contributed by atoms with Crippen LogP contribution in [0.3, 0.4) is 0 Å². The predicted molar refractivity (Wildman–Crippen MR) is 101 cm³/mol. The van der Waals surface area contributed by atoms with Crippen molar-refractivity contribution in [3.63, 3.8) is 0 Å². The first kappa shape index (κ1) is 19.4. The maximum Gasteiger partial charge on any atom is 0.256 e. The van der Waals surface area contributed by atoms with Gasteiger partial charge in [0, 0.05) is 23.3 Å². The first-order valence-electron chi connectivity index (χ1n) is 6.96. The van der Waals surface area contributed by atoms with E-state index in [1.165, 1.54) is 31.2 Å². The van der Waals surface area contributed by atoms with Gasteiger partial charge in [0.1, 0.15) is 0 Å². The molecule has 0 unspecified atom stereocenters. The summed E-state index contributed by atoms with van der Waals surface area (Å²) in [6.45, 7) is 1.37. The minimum Gasteiger partial charge on any atom is -0.326 e. The first-order chi connectivity index (χ1) is 11.6. The van der Waals surface area contributed by atoms with Crippen molar-refractivity contribution >= 4 is 60.6 Å². The number of nitrogens with one attached hydrogen (secondary N) is 2. The van der Waals surface area contributed by atoms with Crippen molar-refractivity contribution in [3.8, 4) is 0 Å². The molecule has 0 aliphatic heterocycles. The number of sulfone groups is 1. The Morgan fingerprint density at radius 1 is 1.08 bits per heavy atom. The number of anilines is 2. The SMILES string of the molecule is CC(=O)Nc1ccc(NC(=O)c2cc(S(C)(=O)=O)ccc2Br)c(Cl)c1. The molecule has 0 heterocycles. The van der Waals surface area contributed by atoms with Crippen LogP contribution in [0.15, 0.2) is 45.8 Å². The number of carbonyl (C=O) groups is 2. The van der Waals surface area contributed by atoms with Crippen LogP contribution in [0.1, 0.15) is 17.3 Å². The first-order valence-corrected chi connectivity index (χ1v) is 10.0. The largest absolute Gasteiger partial charge is 0.326 e. The molecule has 132 valence electrons. The third kappa shape index (κ3) is 5.04. The second-order valence-electron chi connectivity index (χ2n) is 5.24. The highest BCUT2D eigenvalue weighted by Gasteiger charge is 2.16. The van der Waals surface area contributed by atoms with Crippen LogP contribution in [0.2, 0.25) is 5.02 Å². The van der Waals surface area contributed by atoms with Crippen LogP contribution in [0.25, 0.3) is 0 Å². The molecule has 6 nitrogen and oxygen atoms in total. The normalized spacial score (nSPS) is 11.0. The number of halogens is 2. The van der Waals surface area contributed by atoms with Gasteiger partial charge in [-0.3, -0.25) is 9.59 Å². The van der Waals surface area contributed by atoms with E-state index in [-0.39, 0.29) is 21.4 Å². The average Bonchev–Trinajstić information content (AvgIpc) is 2.48. The van der Waals surface area contributed by atoms with Gasteiger partial charge in [0.05, 0.1) is 21.2 Å². The van der Waals surface area contributed by atoms with E-state index in [0.29, 0.717) is 15.8 Å². The molecule has 2 aromatic rings. The Bertz CT molecular complexity index is 961. The lowest BCUT2D eigenvalue weighted by Crippen LogP contribution is -2.14. The van der Waals surface area contributed by atoms with Crippen LogP contribution < -0.4 is 10.6 Å². The van der Waals surface area contributed by atoms with Gasteiger partial charge in [-0.15, -0.1) is 0 Å². The van der Waals surface area contributed by atoms with Gasteiger partial charge in [0.15, 0.2) is 9.84 Å². The smallest absolute Gasteiger partial charge is 0.256 e. The van der Waals surface area contributed by atoms with E-state index in [4.69, 9.17) is 11.6 Å². The lowest BCUT2D eigenvalue weighted by molar-refractivity contribution is -0.114. The summed E-state index contributed by atoms with van der Waals surface area (Å²) in [6, 6.07) is 8.82. The fraction of sp³-hybridized carbons (Fsp3) is 0.125. The summed E-state index contributed by atoms with van der Waals surface area (Å²) in [4.78, 5) is 23.5. The summed E-state index contributed by atoms with van der Waals surface area (Å²) in [5, 5.41) is 5.43. The molecule has 0 atom stereocenters. The summed E-state index contributed by atoms with van der Waals surface area (Å²) in [7, 11) is -3.44. The van der Waals surface area contributed by atoms with Crippen LogP contribution in [-0.2, 0) is 14.6 Å². The fourth-order valence-electron chi connectivity index (χ4n) is 2.00. The van der Waals surface area contributed by atoms with E-state index in [1.807, 2.05) is 0 Å².